The Balaban J connectivity index is 3.13. The molecule has 0 N–H and O–H groups in total. The average Bonchev–Trinajstić information content (AvgIpc) is 2.31. The first kappa shape index (κ1) is 15.2. The van der Waals surface area contributed by atoms with E-state index < -0.39 is 40.5 Å². The molecule has 18 heavy (non-hydrogen) atoms. The molecule has 10 heteroatoms. The van der Waals surface area contributed by atoms with Gasteiger partial charge in [0.15, 0.2) is 0 Å². The monoisotopic (exact) mass is 302 g/mol. The van der Waals surface area contributed by atoms with E-state index in [1.807, 2.05) is 0 Å². The molecular weight excluding hydrogens is 293 g/mol. The largest absolute Gasteiger partial charge is 0.348 e. The van der Waals surface area contributed by atoms with Gasteiger partial charge < -0.3 is 4.52 Å². The minimum atomic E-state index is -4.74. The highest BCUT2D eigenvalue weighted by molar-refractivity contribution is 7.86. The van der Waals surface area contributed by atoms with E-state index >= 15 is 0 Å². The molecular formula is C8H9F2O6PS. The third-order valence-electron chi connectivity index (χ3n) is 1.90. The van der Waals surface area contributed by atoms with Crippen molar-refractivity contribution in [3.63, 3.8) is 0 Å². The van der Waals surface area contributed by atoms with E-state index in [9.17, 15) is 21.8 Å². The molecule has 0 aliphatic carbocycles. The second-order valence-electron chi connectivity index (χ2n) is 3.04. The van der Waals surface area contributed by atoms with Crippen molar-refractivity contribution in [2.24, 2.45) is 0 Å². The SMILES string of the molecule is CO[PH](=O)OOS(=O)(=O)c1c(F)ccc(F)c1C. The predicted molar refractivity (Wildman–Crippen MR) is 56.5 cm³/mol. The summed E-state index contributed by atoms with van der Waals surface area (Å²) < 4.78 is 72.1. The lowest BCUT2D eigenvalue weighted by Gasteiger charge is -2.08. The summed E-state index contributed by atoms with van der Waals surface area (Å²) in [7, 11) is -6.92. The Hall–Kier alpha value is -0.860. The van der Waals surface area contributed by atoms with E-state index in [2.05, 4.69) is 13.5 Å². The van der Waals surface area contributed by atoms with Crippen LogP contribution in [0.3, 0.4) is 0 Å². The summed E-state index contributed by atoms with van der Waals surface area (Å²) in [5.74, 6) is -2.15. The number of hydrogen-bond acceptors (Lipinski definition) is 6. The van der Waals surface area contributed by atoms with Crippen molar-refractivity contribution in [2.75, 3.05) is 7.11 Å². The maximum absolute atomic E-state index is 13.3. The highest BCUT2D eigenvalue weighted by Gasteiger charge is 2.26. The summed E-state index contributed by atoms with van der Waals surface area (Å²) in [4.78, 5) is -1.02. The maximum atomic E-state index is 13.3. The van der Waals surface area contributed by atoms with Crippen molar-refractivity contribution < 1.29 is 35.3 Å². The first-order valence-electron chi connectivity index (χ1n) is 4.43. The van der Waals surface area contributed by atoms with Gasteiger partial charge in [-0.05, 0) is 19.1 Å². The fraction of sp³-hybridized carbons (Fsp3) is 0.250. The molecule has 1 unspecified atom stereocenters. The van der Waals surface area contributed by atoms with Gasteiger partial charge in [0.1, 0.15) is 16.5 Å². The molecule has 0 saturated heterocycles. The van der Waals surface area contributed by atoms with Gasteiger partial charge in [0.2, 0.25) is 0 Å². The van der Waals surface area contributed by atoms with Crippen molar-refractivity contribution in [3.05, 3.63) is 29.3 Å². The standard InChI is InChI=1S/C8H9F2O6PS/c1-5-6(9)3-4-7(10)8(5)18(12,13)16-15-17(11)14-2/h3-4,17H,1-2H3. The van der Waals surface area contributed by atoms with Crippen LogP contribution >= 0.6 is 8.25 Å². The summed E-state index contributed by atoms with van der Waals surface area (Å²) in [6.07, 6.45) is 0. The lowest BCUT2D eigenvalue weighted by Crippen LogP contribution is -2.10. The third kappa shape index (κ3) is 3.33. The van der Waals surface area contributed by atoms with Crippen molar-refractivity contribution in [1.29, 1.82) is 0 Å². The summed E-state index contributed by atoms with van der Waals surface area (Å²) >= 11 is 0. The number of halogens is 2. The van der Waals surface area contributed by atoms with E-state index in [0.29, 0.717) is 6.07 Å². The molecule has 1 aromatic carbocycles. The van der Waals surface area contributed by atoms with Gasteiger partial charge >= 0.3 is 18.4 Å². The average molecular weight is 302 g/mol. The lowest BCUT2D eigenvalue weighted by molar-refractivity contribution is -0.0964. The molecule has 1 rings (SSSR count). The molecule has 0 amide bonds. The van der Waals surface area contributed by atoms with E-state index in [1.165, 1.54) is 0 Å². The zero-order valence-corrected chi connectivity index (χ0v) is 11.1. The Morgan fingerprint density at radius 1 is 1.22 bits per heavy atom. The quantitative estimate of drug-likeness (QED) is 0.470. The van der Waals surface area contributed by atoms with Gasteiger partial charge in [-0.1, -0.05) is 4.33 Å². The summed E-state index contributed by atoms with van der Waals surface area (Å²) in [6.45, 7) is 1.05. The fourth-order valence-corrected chi connectivity index (χ4v) is 2.58. The molecule has 0 saturated carbocycles. The van der Waals surface area contributed by atoms with Crippen molar-refractivity contribution >= 4 is 18.4 Å². The second-order valence-corrected chi connectivity index (χ2v) is 5.57. The van der Waals surface area contributed by atoms with Crippen LogP contribution in [0.1, 0.15) is 5.56 Å². The normalized spacial score (nSPS) is 13.6. The molecule has 1 atom stereocenters. The van der Waals surface area contributed by atoms with Gasteiger partial charge in [-0.25, -0.2) is 8.78 Å². The zero-order chi connectivity index (χ0) is 13.9. The van der Waals surface area contributed by atoms with Crippen LogP contribution in [0, 0.1) is 18.6 Å². The molecule has 0 bridgehead atoms. The Morgan fingerprint density at radius 2 is 1.78 bits per heavy atom. The van der Waals surface area contributed by atoms with Gasteiger partial charge in [0.05, 0.1) is 0 Å². The Labute approximate surface area is 102 Å². The van der Waals surface area contributed by atoms with Crippen molar-refractivity contribution in [1.82, 2.24) is 0 Å². The van der Waals surface area contributed by atoms with E-state index in [-0.39, 0.29) is 0 Å². The molecule has 0 aliphatic rings. The molecule has 0 spiro atoms. The smallest absolute Gasteiger partial charge is 0.312 e. The molecule has 6 nitrogen and oxygen atoms in total. The Kier molecular flexibility index (Phi) is 4.94. The number of rotatable bonds is 5. The zero-order valence-electron chi connectivity index (χ0n) is 9.27. The Bertz CT molecular complexity index is 573. The number of hydrogen-bond donors (Lipinski definition) is 0. The predicted octanol–water partition coefficient (Wildman–Crippen LogP) is 1.95. The van der Waals surface area contributed by atoms with Crippen LogP contribution in [-0.4, -0.2) is 15.5 Å². The summed E-state index contributed by atoms with van der Waals surface area (Å²) in [5, 5.41) is 0. The van der Waals surface area contributed by atoms with Crippen LogP contribution < -0.4 is 0 Å². The van der Waals surface area contributed by atoms with Crippen LogP contribution in [0.15, 0.2) is 17.0 Å². The van der Waals surface area contributed by atoms with Crippen LogP contribution in [0.4, 0.5) is 8.78 Å². The molecule has 0 heterocycles. The summed E-state index contributed by atoms with van der Waals surface area (Å²) in [5.41, 5.74) is -0.476. The fourth-order valence-electron chi connectivity index (χ4n) is 1.08. The van der Waals surface area contributed by atoms with Crippen LogP contribution in [0.5, 0.6) is 0 Å². The Morgan fingerprint density at radius 3 is 2.33 bits per heavy atom. The minimum absolute atomic E-state index is 0.476. The highest BCUT2D eigenvalue weighted by Crippen LogP contribution is 2.28. The molecule has 102 valence electrons. The highest BCUT2D eigenvalue weighted by atomic mass is 32.2. The first-order valence-corrected chi connectivity index (χ1v) is 7.06. The molecule has 0 fully saturated rings. The van der Waals surface area contributed by atoms with Crippen LogP contribution in [-0.2, 0) is 28.2 Å². The second kappa shape index (κ2) is 5.85. The third-order valence-corrected chi connectivity index (χ3v) is 3.82. The van der Waals surface area contributed by atoms with Gasteiger partial charge in [-0.3, -0.25) is 4.57 Å². The lowest BCUT2D eigenvalue weighted by atomic mass is 10.2. The van der Waals surface area contributed by atoms with Gasteiger partial charge in [0, 0.05) is 12.7 Å². The first-order chi connectivity index (χ1) is 8.29. The van der Waals surface area contributed by atoms with Crippen molar-refractivity contribution in [2.45, 2.75) is 11.8 Å². The molecule has 0 aromatic heterocycles. The van der Waals surface area contributed by atoms with Gasteiger partial charge in [-0.15, -0.1) is 4.67 Å². The van der Waals surface area contributed by atoms with E-state index in [1.54, 1.807) is 0 Å². The molecule has 0 radical (unpaired) electrons. The van der Waals surface area contributed by atoms with Gasteiger partial charge in [-0.2, -0.15) is 8.42 Å². The molecule has 0 aliphatic heterocycles. The number of benzene rings is 1. The van der Waals surface area contributed by atoms with Crippen LogP contribution in [0.25, 0.3) is 0 Å². The van der Waals surface area contributed by atoms with E-state index in [0.717, 1.165) is 20.1 Å². The van der Waals surface area contributed by atoms with Crippen molar-refractivity contribution in [3.8, 4) is 0 Å². The topological polar surface area (TPSA) is 78.9 Å². The van der Waals surface area contributed by atoms with Gasteiger partial charge in [0.25, 0.3) is 0 Å². The molecule has 1 aromatic rings. The van der Waals surface area contributed by atoms with Crippen LogP contribution in [0.2, 0.25) is 0 Å². The summed E-state index contributed by atoms with van der Waals surface area (Å²) in [6, 6.07) is 1.39. The van der Waals surface area contributed by atoms with E-state index in [4.69, 9.17) is 0 Å². The maximum Gasteiger partial charge on any atom is 0.348 e. The minimum Gasteiger partial charge on any atom is -0.312 e.